The molecule has 6 nitrogen and oxygen atoms in total. The minimum Gasteiger partial charge on any atom is -0.385 e. The smallest absolute Gasteiger partial charge is 0.239 e. The lowest BCUT2D eigenvalue weighted by atomic mass is 10.1. The van der Waals surface area contributed by atoms with Crippen molar-refractivity contribution in [3.05, 3.63) is 0 Å². The maximum Gasteiger partial charge on any atom is 0.239 e. The van der Waals surface area contributed by atoms with Crippen molar-refractivity contribution in [2.45, 2.75) is 13.3 Å². The Kier molecular flexibility index (Phi) is 9.22. The number of methoxy groups -OCH3 is 1. The van der Waals surface area contributed by atoms with E-state index in [2.05, 4.69) is 10.6 Å². The standard InChI is InChI=1S/C12H25N3O3/c1-10(8-13-2)12(17)15(3)9-11(16)14-6-5-7-18-4/h10,13H,5-9H2,1-4H3,(H,14,16). The summed E-state index contributed by atoms with van der Waals surface area (Å²) in [4.78, 5) is 24.8. The predicted molar refractivity (Wildman–Crippen MR) is 70.2 cm³/mol. The van der Waals surface area contributed by atoms with Gasteiger partial charge in [-0.3, -0.25) is 9.59 Å². The number of carbonyl (C=O) groups excluding carboxylic acids is 2. The van der Waals surface area contributed by atoms with Gasteiger partial charge in [0, 0.05) is 39.8 Å². The van der Waals surface area contributed by atoms with E-state index in [1.807, 2.05) is 6.92 Å². The summed E-state index contributed by atoms with van der Waals surface area (Å²) in [6, 6.07) is 0. The number of hydrogen-bond donors (Lipinski definition) is 2. The van der Waals surface area contributed by atoms with Crippen molar-refractivity contribution in [1.82, 2.24) is 15.5 Å². The summed E-state index contributed by atoms with van der Waals surface area (Å²) in [5, 5.41) is 5.69. The van der Waals surface area contributed by atoms with Crippen molar-refractivity contribution in [3.8, 4) is 0 Å². The largest absolute Gasteiger partial charge is 0.385 e. The first-order valence-electron chi connectivity index (χ1n) is 6.18. The lowest BCUT2D eigenvalue weighted by Gasteiger charge is -2.20. The zero-order valence-corrected chi connectivity index (χ0v) is 11.8. The van der Waals surface area contributed by atoms with Crippen molar-refractivity contribution >= 4 is 11.8 Å². The Morgan fingerprint density at radius 2 is 2.06 bits per heavy atom. The Labute approximate surface area is 109 Å². The van der Waals surface area contributed by atoms with Crippen LogP contribution in [0.3, 0.4) is 0 Å². The van der Waals surface area contributed by atoms with Gasteiger partial charge in [0.05, 0.1) is 6.54 Å². The van der Waals surface area contributed by atoms with E-state index in [1.54, 1.807) is 21.2 Å². The van der Waals surface area contributed by atoms with E-state index in [-0.39, 0.29) is 24.3 Å². The van der Waals surface area contributed by atoms with Gasteiger partial charge in [-0.2, -0.15) is 0 Å². The van der Waals surface area contributed by atoms with Crippen LogP contribution in [0.1, 0.15) is 13.3 Å². The lowest BCUT2D eigenvalue weighted by molar-refractivity contribution is -0.137. The first kappa shape index (κ1) is 16.9. The third-order valence-corrected chi connectivity index (χ3v) is 2.54. The molecule has 1 unspecified atom stereocenters. The molecular formula is C12H25N3O3. The molecule has 0 heterocycles. The zero-order chi connectivity index (χ0) is 14.0. The summed E-state index contributed by atoms with van der Waals surface area (Å²) in [5.41, 5.74) is 0. The van der Waals surface area contributed by atoms with Crippen LogP contribution in [0.15, 0.2) is 0 Å². The Bertz CT molecular complexity index is 259. The fraction of sp³-hybridized carbons (Fsp3) is 0.833. The molecule has 0 aromatic heterocycles. The number of nitrogens with one attached hydrogen (secondary N) is 2. The highest BCUT2D eigenvalue weighted by Crippen LogP contribution is 1.98. The highest BCUT2D eigenvalue weighted by Gasteiger charge is 2.18. The third kappa shape index (κ3) is 7.24. The average molecular weight is 259 g/mol. The van der Waals surface area contributed by atoms with E-state index in [1.165, 1.54) is 4.90 Å². The van der Waals surface area contributed by atoms with Crippen LogP contribution in [0.2, 0.25) is 0 Å². The Morgan fingerprint density at radius 3 is 2.61 bits per heavy atom. The van der Waals surface area contributed by atoms with Gasteiger partial charge in [0.2, 0.25) is 11.8 Å². The van der Waals surface area contributed by atoms with Crippen molar-refractivity contribution in [3.63, 3.8) is 0 Å². The van der Waals surface area contributed by atoms with Crippen LogP contribution in [-0.4, -0.2) is 64.2 Å². The van der Waals surface area contributed by atoms with Gasteiger partial charge in [0.1, 0.15) is 0 Å². The van der Waals surface area contributed by atoms with Gasteiger partial charge in [-0.1, -0.05) is 6.92 Å². The van der Waals surface area contributed by atoms with Crippen LogP contribution in [0.25, 0.3) is 0 Å². The van der Waals surface area contributed by atoms with Crippen molar-refractivity contribution in [1.29, 1.82) is 0 Å². The number of rotatable bonds is 9. The van der Waals surface area contributed by atoms with Crippen LogP contribution < -0.4 is 10.6 Å². The Balaban J connectivity index is 3.88. The van der Waals surface area contributed by atoms with E-state index in [4.69, 9.17) is 4.74 Å². The van der Waals surface area contributed by atoms with E-state index in [0.29, 0.717) is 19.7 Å². The average Bonchev–Trinajstić information content (AvgIpc) is 2.34. The zero-order valence-electron chi connectivity index (χ0n) is 11.8. The second-order valence-corrected chi connectivity index (χ2v) is 4.35. The van der Waals surface area contributed by atoms with Crippen LogP contribution in [0, 0.1) is 5.92 Å². The summed E-state index contributed by atoms with van der Waals surface area (Å²) >= 11 is 0. The van der Waals surface area contributed by atoms with Crippen molar-refractivity contribution < 1.29 is 14.3 Å². The summed E-state index contributed by atoms with van der Waals surface area (Å²) < 4.78 is 4.88. The fourth-order valence-corrected chi connectivity index (χ4v) is 1.56. The summed E-state index contributed by atoms with van der Waals surface area (Å²) in [6.07, 6.45) is 0.774. The monoisotopic (exact) mass is 259 g/mol. The van der Waals surface area contributed by atoms with Gasteiger partial charge in [-0.15, -0.1) is 0 Å². The molecule has 18 heavy (non-hydrogen) atoms. The van der Waals surface area contributed by atoms with Gasteiger partial charge in [0.25, 0.3) is 0 Å². The number of nitrogens with zero attached hydrogens (tertiary/aromatic N) is 1. The molecule has 2 amide bonds. The quantitative estimate of drug-likeness (QED) is 0.545. The van der Waals surface area contributed by atoms with Crippen molar-refractivity contribution in [2.24, 2.45) is 5.92 Å². The predicted octanol–water partition coefficient (Wildman–Crippen LogP) is -0.547. The fourth-order valence-electron chi connectivity index (χ4n) is 1.56. The van der Waals surface area contributed by atoms with E-state index in [0.717, 1.165) is 6.42 Å². The van der Waals surface area contributed by atoms with Gasteiger partial charge >= 0.3 is 0 Å². The molecule has 0 radical (unpaired) electrons. The SMILES string of the molecule is CNCC(C)C(=O)N(C)CC(=O)NCCCOC. The molecule has 0 aliphatic rings. The molecule has 0 aliphatic carbocycles. The number of likely N-dealkylation sites (N-methyl/N-ethyl adjacent to an activating group) is 1. The van der Waals surface area contributed by atoms with Crippen LogP contribution >= 0.6 is 0 Å². The van der Waals surface area contributed by atoms with E-state index in [9.17, 15) is 9.59 Å². The van der Waals surface area contributed by atoms with Gasteiger partial charge in [-0.05, 0) is 13.5 Å². The number of hydrogen-bond acceptors (Lipinski definition) is 4. The summed E-state index contributed by atoms with van der Waals surface area (Å²) in [6.45, 7) is 3.74. The molecule has 0 aromatic carbocycles. The first-order valence-corrected chi connectivity index (χ1v) is 6.18. The maximum atomic E-state index is 11.8. The van der Waals surface area contributed by atoms with Crippen LogP contribution in [0.5, 0.6) is 0 Å². The molecule has 0 aliphatic heterocycles. The topological polar surface area (TPSA) is 70.7 Å². The molecule has 0 rings (SSSR count). The number of carbonyl (C=O) groups is 2. The minimum absolute atomic E-state index is 0.0311. The Hall–Kier alpha value is -1.14. The summed E-state index contributed by atoms with van der Waals surface area (Å²) in [7, 11) is 5.06. The summed E-state index contributed by atoms with van der Waals surface area (Å²) in [5.74, 6) is -0.295. The van der Waals surface area contributed by atoms with E-state index >= 15 is 0 Å². The number of amides is 2. The molecule has 2 N–H and O–H groups in total. The first-order chi connectivity index (χ1) is 8.52. The molecule has 0 saturated heterocycles. The Morgan fingerprint density at radius 1 is 1.39 bits per heavy atom. The highest BCUT2D eigenvalue weighted by atomic mass is 16.5. The molecule has 6 heteroatoms. The van der Waals surface area contributed by atoms with Crippen LogP contribution in [-0.2, 0) is 14.3 Å². The molecular weight excluding hydrogens is 234 g/mol. The lowest BCUT2D eigenvalue weighted by Crippen LogP contribution is -2.42. The molecule has 1 atom stereocenters. The molecule has 0 bridgehead atoms. The van der Waals surface area contributed by atoms with Crippen LogP contribution in [0.4, 0.5) is 0 Å². The van der Waals surface area contributed by atoms with Gasteiger partial charge in [0.15, 0.2) is 0 Å². The molecule has 106 valence electrons. The molecule has 0 spiro atoms. The van der Waals surface area contributed by atoms with Crippen molar-refractivity contribution in [2.75, 3.05) is 47.4 Å². The third-order valence-electron chi connectivity index (χ3n) is 2.54. The number of ether oxygens (including phenoxy) is 1. The second-order valence-electron chi connectivity index (χ2n) is 4.35. The van der Waals surface area contributed by atoms with Gasteiger partial charge < -0.3 is 20.3 Å². The highest BCUT2D eigenvalue weighted by molar-refractivity contribution is 5.85. The van der Waals surface area contributed by atoms with Gasteiger partial charge in [-0.25, -0.2) is 0 Å². The molecule has 0 aromatic rings. The maximum absolute atomic E-state index is 11.8. The van der Waals surface area contributed by atoms with E-state index < -0.39 is 0 Å². The minimum atomic E-state index is -0.140. The normalized spacial score (nSPS) is 12.0. The molecule has 0 fully saturated rings. The second kappa shape index (κ2) is 9.85. The molecule has 0 saturated carbocycles.